The zero-order chi connectivity index (χ0) is 15.0. The first-order valence-electron chi connectivity index (χ1n) is 8.47. The van der Waals surface area contributed by atoms with Gasteiger partial charge in [0.15, 0.2) is 0 Å². The van der Waals surface area contributed by atoms with Crippen LogP contribution in [0, 0.1) is 17.8 Å². The number of hydrogen-bond donors (Lipinski definition) is 0. The molecule has 0 bridgehead atoms. The highest BCUT2D eigenvalue weighted by atomic mass is 35.5. The van der Waals surface area contributed by atoms with Gasteiger partial charge in [-0.3, -0.25) is 4.79 Å². The van der Waals surface area contributed by atoms with Gasteiger partial charge in [-0.1, -0.05) is 40.5 Å². The van der Waals surface area contributed by atoms with E-state index in [1.807, 2.05) is 0 Å². The molecular formula is C17H34ClNO2. The molecule has 0 amide bonds. The summed E-state index contributed by atoms with van der Waals surface area (Å²) in [6, 6.07) is 0. The summed E-state index contributed by atoms with van der Waals surface area (Å²) in [5.41, 5.74) is 0. The normalized spacial score (nSPS) is 17.0. The quantitative estimate of drug-likeness (QED) is 0.598. The average Bonchev–Trinajstić information content (AvgIpc) is 2.94. The number of hydrogen-bond acceptors (Lipinski definition) is 3. The second kappa shape index (κ2) is 11.3. The molecular weight excluding hydrogens is 286 g/mol. The van der Waals surface area contributed by atoms with Crippen LogP contribution >= 0.6 is 12.4 Å². The van der Waals surface area contributed by atoms with Gasteiger partial charge in [0, 0.05) is 6.54 Å². The lowest BCUT2D eigenvalue weighted by molar-refractivity contribution is -0.151. The Morgan fingerprint density at radius 3 is 2.24 bits per heavy atom. The fraction of sp³-hybridized carbons (Fsp3) is 0.941. The SMILES string of the molecule is CCN(CC)CCOC(=O)C(CC(C)C)C1CCCC1.Cl. The first-order valence-corrected chi connectivity index (χ1v) is 8.47. The van der Waals surface area contributed by atoms with Crippen molar-refractivity contribution in [1.82, 2.24) is 4.90 Å². The van der Waals surface area contributed by atoms with Gasteiger partial charge in [0.1, 0.15) is 6.61 Å². The van der Waals surface area contributed by atoms with E-state index in [-0.39, 0.29) is 24.3 Å². The van der Waals surface area contributed by atoms with Crippen LogP contribution in [0.4, 0.5) is 0 Å². The molecule has 1 fully saturated rings. The van der Waals surface area contributed by atoms with Gasteiger partial charge < -0.3 is 9.64 Å². The summed E-state index contributed by atoms with van der Waals surface area (Å²) in [4.78, 5) is 14.7. The maximum absolute atomic E-state index is 12.4. The third kappa shape index (κ3) is 7.51. The van der Waals surface area contributed by atoms with Crippen molar-refractivity contribution < 1.29 is 9.53 Å². The summed E-state index contributed by atoms with van der Waals surface area (Å²) < 4.78 is 5.57. The van der Waals surface area contributed by atoms with Gasteiger partial charge in [0.25, 0.3) is 0 Å². The summed E-state index contributed by atoms with van der Waals surface area (Å²) >= 11 is 0. The molecule has 0 radical (unpaired) electrons. The Morgan fingerprint density at radius 2 is 1.76 bits per heavy atom. The third-order valence-corrected chi connectivity index (χ3v) is 4.54. The summed E-state index contributed by atoms with van der Waals surface area (Å²) in [5, 5.41) is 0. The molecule has 0 aromatic carbocycles. The monoisotopic (exact) mass is 319 g/mol. The Balaban J connectivity index is 0.00000400. The van der Waals surface area contributed by atoms with E-state index >= 15 is 0 Å². The molecule has 1 saturated carbocycles. The lowest BCUT2D eigenvalue weighted by Crippen LogP contribution is -2.31. The largest absolute Gasteiger partial charge is 0.464 e. The Morgan fingerprint density at radius 1 is 1.19 bits per heavy atom. The van der Waals surface area contributed by atoms with Gasteiger partial charge in [-0.25, -0.2) is 0 Å². The molecule has 1 unspecified atom stereocenters. The van der Waals surface area contributed by atoms with E-state index in [1.165, 1.54) is 25.7 Å². The smallest absolute Gasteiger partial charge is 0.309 e. The molecule has 1 aliphatic carbocycles. The number of ether oxygens (including phenoxy) is 1. The number of rotatable bonds is 9. The topological polar surface area (TPSA) is 29.5 Å². The Bertz CT molecular complexity index is 274. The Labute approximate surface area is 137 Å². The van der Waals surface area contributed by atoms with Crippen LogP contribution in [0.1, 0.15) is 59.8 Å². The minimum absolute atomic E-state index is 0. The lowest BCUT2D eigenvalue weighted by Gasteiger charge is -2.24. The van der Waals surface area contributed by atoms with Crippen molar-refractivity contribution in [2.45, 2.75) is 59.8 Å². The van der Waals surface area contributed by atoms with Crippen molar-refractivity contribution in [3.05, 3.63) is 0 Å². The molecule has 0 N–H and O–H groups in total. The third-order valence-electron chi connectivity index (χ3n) is 4.54. The predicted molar refractivity (Wildman–Crippen MR) is 90.9 cm³/mol. The average molecular weight is 320 g/mol. The van der Waals surface area contributed by atoms with E-state index in [2.05, 4.69) is 32.6 Å². The van der Waals surface area contributed by atoms with Crippen LogP contribution in [0.3, 0.4) is 0 Å². The second-order valence-corrected chi connectivity index (χ2v) is 6.47. The maximum atomic E-state index is 12.4. The van der Waals surface area contributed by atoms with Crippen LogP contribution in [0.5, 0.6) is 0 Å². The number of carbonyl (C=O) groups excluding carboxylic acids is 1. The molecule has 0 saturated heterocycles. The van der Waals surface area contributed by atoms with Crippen LogP contribution < -0.4 is 0 Å². The van der Waals surface area contributed by atoms with Crippen molar-refractivity contribution in [1.29, 1.82) is 0 Å². The zero-order valence-electron chi connectivity index (χ0n) is 14.3. The molecule has 3 nitrogen and oxygen atoms in total. The highest BCUT2D eigenvalue weighted by Crippen LogP contribution is 2.35. The van der Waals surface area contributed by atoms with Crippen molar-refractivity contribution in [2.75, 3.05) is 26.2 Å². The highest BCUT2D eigenvalue weighted by molar-refractivity contribution is 5.85. The van der Waals surface area contributed by atoms with E-state index in [0.29, 0.717) is 18.4 Å². The molecule has 0 aromatic rings. The van der Waals surface area contributed by atoms with Crippen molar-refractivity contribution in [3.8, 4) is 0 Å². The molecule has 1 atom stereocenters. The predicted octanol–water partition coefficient (Wildman–Crippen LogP) is 4.15. The second-order valence-electron chi connectivity index (χ2n) is 6.47. The van der Waals surface area contributed by atoms with E-state index in [9.17, 15) is 4.79 Å². The van der Waals surface area contributed by atoms with Crippen molar-refractivity contribution in [2.24, 2.45) is 17.8 Å². The molecule has 0 aromatic heterocycles. The van der Waals surface area contributed by atoms with E-state index in [0.717, 1.165) is 26.1 Å². The molecule has 0 heterocycles. The summed E-state index contributed by atoms with van der Waals surface area (Å²) in [6.45, 7) is 12.1. The van der Waals surface area contributed by atoms with E-state index in [4.69, 9.17) is 4.74 Å². The minimum Gasteiger partial charge on any atom is -0.464 e. The van der Waals surface area contributed by atoms with E-state index in [1.54, 1.807) is 0 Å². The Hall–Kier alpha value is -0.280. The molecule has 21 heavy (non-hydrogen) atoms. The number of carbonyl (C=O) groups is 1. The van der Waals surface area contributed by atoms with Crippen LogP contribution in [0.2, 0.25) is 0 Å². The van der Waals surface area contributed by atoms with Gasteiger partial charge in [-0.05, 0) is 44.2 Å². The van der Waals surface area contributed by atoms with Gasteiger partial charge >= 0.3 is 5.97 Å². The molecule has 1 aliphatic rings. The first kappa shape index (κ1) is 20.7. The number of esters is 1. The minimum atomic E-state index is 0. The fourth-order valence-corrected chi connectivity index (χ4v) is 3.27. The lowest BCUT2D eigenvalue weighted by atomic mass is 9.84. The molecule has 126 valence electrons. The van der Waals surface area contributed by atoms with Crippen LogP contribution in [-0.2, 0) is 9.53 Å². The van der Waals surface area contributed by atoms with Crippen molar-refractivity contribution in [3.63, 3.8) is 0 Å². The fourth-order valence-electron chi connectivity index (χ4n) is 3.27. The number of likely N-dealkylation sites (N-methyl/N-ethyl adjacent to an activating group) is 1. The number of halogens is 1. The Kier molecular flexibility index (Phi) is 11.2. The maximum Gasteiger partial charge on any atom is 0.309 e. The zero-order valence-corrected chi connectivity index (χ0v) is 15.1. The van der Waals surface area contributed by atoms with Crippen LogP contribution in [-0.4, -0.2) is 37.1 Å². The molecule has 1 rings (SSSR count). The van der Waals surface area contributed by atoms with Gasteiger partial charge in [0.2, 0.25) is 0 Å². The number of nitrogens with zero attached hydrogens (tertiary/aromatic N) is 1. The summed E-state index contributed by atoms with van der Waals surface area (Å²) in [6.07, 6.45) is 5.97. The first-order chi connectivity index (χ1) is 9.58. The summed E-state index contributed by atoms with van der Waals surface area (Å²) in [5.74, 6) is 1.32. The van der Waals surface area contributed by atoms with Crippen LogP contribution in [0.15, 0.2) is 0 Å². The van der Waals surface area contributed by atoms with Crippen LogP contribution in [0.25, 0.3) is 0 Å². The standard InChI is InChI=1S/C17H33NO2.ClH/c1-5-18(6-2)11-12-20-17(19)16(13-14(3)4)15-9-7-8-10-15;/h14-16H,5-13H2,1-4H3;1H. The summed E-state index contributed by atoms with van der Waals surface area (Å²) in [7, 11) is 0. The van der Waals surface area contributed by atoms with Gasteiger partial charge in [0.05, 0.1) is 5.92 Å². The van der Waals surface area contributed by atoms with Gasteiger partial charge in [-0.15, -0.1) is 12.4 Å². The molecule has 0 spiro atoms. The molecule has 4 heteroatoms. The van der Waals surface area contributed by atoms with Gasteiger partial charge in [-0.2, -0.15) is 0 Å². The van der Waals surface area contributed by atoms with Crippen molar-refractivity contribution >= 4 is 18.4 Å². The van der Waals surface area contributed by atoms with E-state index < -0.39 is 0 Å². The molecule has 0 aliphatic heterocycles. The highest BCUT2D eigenvalue weighted by Gasteiger charge is 2.32.